The van der Waals surface area contributed by atoms with Crippen LogP contribution in [0.25, 0.3) is 0 Å². The third-order valence-electron chi connectivity index (χ3n) is 2.87. The Kier molecular flexibility index (Phi) is 8.07. The Morgan fingerprint density at radius 2 is 1.91 bits per heavy atom. The molecule has 7 nitrogen and oxygen atoms in total. The van der Waals surface area contributed by atoms with Crippen molar-refractivity contribution in [3.05, 3.63) is 30.3 Å². The first-order valence-corrected chi connectivity index (χ1v) is 9.72. The SMILES string of the molecule is CNC(=O)COC(=O)C(CCSC)NS(=O)(=O)c1ccccc1. The van der Waals surface area contributed by atoms with Gasteiger partial charge in [0.2, 0.25) is 10.0 Å². The summed E-state index contributed by atoms with van der Waals surface area (Å²) in [6, 6.07) is 6.71. The number of nitrogens with one attached hydrogen (secondary N) is 2. The Balaban J connectivity index is 2.81. The summed E-state index contributed by atoms with van der Waals surface area (Å²) in [4.78, 5) is 23.2. The van der Waals surface area contributed by atoms with Gasteiger partial charge in [0.15, 0.2) is 6.61 Å². The van der Waals surface area contributed by atoms with Crippen LogP contribution in [0.5, 0.6) is 0 Å². The second kappa shape index (κ2) is 9.53. The van der Waals surface area contributed by atoms with Crippen LogP contribution in [0.4, 0.5) is 0 Å². The maximum absolute atomic E-state index is 12.3. The molecule has 0 aliphatic carbocycles. The van der Waals surface area contributed by atoms with Gasteiger partial charge in [0, 0.05) is 7.05 Å². The van der Waals surface area contributed by atoms with Crippen molar-refractivity contribution in [2.75, 3.05) is 25.7 Å². The molecule has 0 radical (unpaired) electrons. The molecule has 0 aromatic heterocycles. The molecule has 1 unspecified atom stereocenters. The molecule has 0 bridgehead atoms. The number of likely N-dealkylation sites (N-methyl/N-ethyl adjacent to an activating group) is 1. The van der Waals surface area contributed by atoms with Crippen LogP contribution in [0.2, 0.25) is 0 Å². The number of rotatable bonds is 9. The van der Waals surface area contributed by atoms with Crippen molar-refractivity contribution in [1.29, 1.82) is 0 Å². The van der Waals surface area contributed by atoms with Gasteiger partial charge in [-0.05, 0) is 30.6 Å². The van der Waals surface area contributed by atoms with Gasteiger partial charge in [-0.3, -0.25) is 9.59 Å². The second-order valence-electron chi connectivity index (χ2n) is 4.55. The number of amides is 1. The molecular weight excluding hydrogens is 340 g/mol. The molecule has 0 spiro atoms. The molecule has 2 N–H and O–H groups in total. The zero-order chi connectivity index (χ0) is 17.3. The number of thioether (sulfide) groups is 1. The minimum absolute atomic E-state index is 0.0632. The van der Waals surface area contributed by atoms with Gasteiger partial charge in [0.25, 0.3) is 5.91 Å². The largest absolute Gasteiger partial charge is 0.454 e. The molecule has 1 atom stereocenters. The first kappa shape index (κ1) is 19.5. The molecule has 0 saturated carbocycles. The van der Waals surface area contributed by atoms with Gasteiger partial charge < -0.3 is 10.1 Å². The number of ether oxygens (including phenoxy) is 1. The van der Waals surface area contributed by atoms with Gasteiger partial charge in [-0.1, -0.05) is 18.2 Å². The van der Waals surface area contributed by atoms with E-state index < -0.39 is 34.5 Å². The van der Waals surface area contributed by atoms with Gasteiger partial charge in [-0.2, -0.15) is 16.5 Å². The van der Waals surface area contributed by atoms with E-state index >= 15 is 0 Å². The van der Waals surface area contributed by atoms with Crippen LogP contribution in [0, 0.1) is 0 Å². The fourth-order valence-corrected chi connectivity index (χ4v) is 3.34. The summed E-state index contributed by atoms with van der Waals surface area (Å²) in [6.07, 6.45) is 2.11. The lowest BCUT2D eigenvalue weighted by atomic mass is 10.2. The zero-order valence-electron chi connectivity index (χ0n) is 12.9. The van der Waals surface area contributed by atoms with Gasteiger partial charge in [0.05, 0.1) is 4.90 Å². The summed E-state index contributed by atoms with van der Waals surface area (Å²) in [6.45, 7) is -0.446. The fraction of sp³-hybridized carbons (Fsp3) is 0.429. The first-order valence-electron chi connectivity index (χ1n) is 6.84. The number of carbonyl (C=O) groups is 2. The van der Waals surface area contributed by atoms with Crippen LogP contribution in [0.15, 0.2) is 35.2 Å². The summed E-state index contributed by atoms with van der Waals surface area (Å²) >= 11 is 1.48. The molecule has 0 heterocycles. The number of carbonyl (C=O) groups excluding carboxylic acids is 2. The number of sulfonamides is 1. The Labute approximate surface area is 140 Å². The van der Waals surface area contributed by atoms with E-state index in [0.29, 0.717) is 5.75 Å². The number of esters is 1. The van der Waals surface area contributed by atoms with Crippen LogP contribution in [-0.2, 0) is 24.3 Å². The molecule has 9 heteroatoms. The maximum atomic E-state index is 12.3. The molecule has 1 aromatic carbocycles. The minimum atomic E-state index is -3.84. The highest BCUT2D eigenvalue weighted by Gasteiger charge is 2.27. The Morgan fingerprint density at radius 3 is 2.48 bits per heavy atom. The predicted molar refractivity (Wildman–Crippen MR) is 88.6 cm³/mol. The van der Waals surface area contributed by atoms with E-state index in [2.05, 4.69) is 10.0 Å². The number of hydrogen-bond donors (Lipinski definition) is 2. The van der Waals surface area contributed by atoms with Crippen molar-refractivity contribution in [3.63, 3.8) is 0 Å². The van der Waals surface area contributed by atoms with E-state index in [9.17, 15) is 18.0 Å². The van der Waals surface area contributed by atoms with Gasteiger partial charge in [-0.15, -0.1) is 0 Å². The number of benzene rings is 1. The molecule has 1 aromatic rings. The highest BCUT2D eigenvalue weighted by molar-refractivity contribution is 7.98. The topological polar surface area (TPSA) is 102 Å². The molecule has 23 heavy (non-hydrogen) atoms. The Morgan fingerprint density at radius 1 is 1.26 bits per heavy atom. The quantitative estimate of drug-likeness (QED) is 0.617. The predicted octanol–water partition coefficient (Wildman–Crippen LogP) is 0.376. The molecule has 1 rings (SSSR count). The van der Waals surface area contributed by atoms with Crippen LogP contribution in [0.3, 0.4) is 0 Å². The van der Waals surface area contributed by atoms with Gasteiger partial charge in [-0.25, -0.2) is 8.42 Å². The Hall–Kier alpha value is -1.58. The number of hydrogen-bond acceptors (Lipinski definition) is 6. The summed E-state index contributed by atoms with van der Waals surface area (Å²) in [5.74, 6) is -0.674. The lowest BCUT2D eigenvalue weighted by molar-refractivity contribution is -0.150. The van der Waals surface area contributed by atoms with Crippen LogP contribution < -0.4 is 10.0 Å². The second-order valence-corrected chi connectivity index (χ2v) is 7.25. The third-order valence-corrected chi connectivity index (χ3v) is 5.00. The Bertz CT molecular complexity index is 619. The van der Waals surface area contributed by atoms with E-state index in [1.165, 1.54) is 30.9 Å². The molecule has 1 amide bonds. The zero-order valence-corrected chi connectivity index (χ0v) is 14.6. The normalized spacial score (nSPS) is 12.4. The summed E-state index contributed by atoms with van der Waals surface area (Å²) in [5.41, 5.74) is 0. The van der Waals surface area contributed by atoms with Crippen molar-refractivity contribution in [1.82, 2.24) is 10.0 Å². The van der Waals surface area contributed by atoms with E-state index in [0.717, 1.165) is 0 Å². The minimum Gasteiger partial charge on any atom is -0.454 e. The van der Waals surface area contributed by atoms with Crippen LogP contribution in [-0.4, -0.2) is 52.0 Å². The van der Waals surface area contributed by atoms with Gasteiger partial charge >= 0.3 is 5.97 Å². The van der Waals surface area contributed by atoms with E-state index in [1.807, 2.05) is 6.26 Å². The third kappa shape index (κ3) is 6.59. The van der Waals surface area contributed by atoms with Crippen molar-refractivity contribution in [2.45, 2.75) is 17.4 Å². The van der Waals surface area contributed by atoms with Crippen molar-refractivity contribution >= 4 is 33.7 Å². The van der Waals surface area contributed by atoms with Crippen LogP contribution >= 0.6 is 11.8 Å². The van der Waals surface area contributed by atoms with Crippen LogP contribution in [0.1, 0.15) is 6.42 Å². The standard InChI is InChI=1S/C14H20N2O5S2/c1-15-13(17)10-21-14(18)12(8-9-22-2)16-23(19,20)11-6-4-3-5-7-11/h3-7,12,16H,8-10H2,1-2H3,(H,15,17). The molecule has 128 valence electrons. The lowest BCUT2D eigenvalue weighted by Gasteiger charge is -2.17. The first-order chi connectivity index (χ1) is 10.9. The maximum Gasteiger partial charge on any atom is 0.324 e. The fourth-order valence-electron chi connectivity index (χ4n) is 1.63. The van der Waals surface area contributed by atoms with Crippen molar-refractivity contribution in [3.8, 4) is 0 Å². The molecule has 0 aliphatic heterocycles. The summed E-state index contributed by atoms with van der Waals surface area (Å²) < 4.78 is 31.8. The van der Waals surface area contributed by atoms with E-state index in [-0.39, 0.29) is 11.3 Å². The van der Waals surface area contributed by atoms with E-state index in [1.54, 1.807) is 18.2 Å². The summed E-state index contributed by atoms with van der Waals surface area (Å²) in [5, 5.41) is 2.32. The monoisotopic (exact) mass is 360 g/mol. The molecular formula is C14H20N2O5S2. The highest BCUT2D eigenvalue weighted by Crippen LogP contribution is 2.11. The summed E-state index contributed by atoms with van der Waals surface area (Å²) in [7, 11) is -2.42. The molecule has 0 fully saturated rings. The smallest absolute Gasteiger partial charge is 0.324 e. The lowest BCUT2D eigenvalue weighted by Crippen LogP contribution is -2.43. The van der Waals surface area contributed by atoms with Gasteiger partial charge in [0.1, 0.15) is 6.04 Å². The average Bonchev–Trinajstić information content (AvgIpc) is 2.56. The van der Waals surface area contributed by atoms with E-state index in [4.69, 9.17) is 4.74 Å². The molecule has 0 aliphatic rings. The van der Waals surface area contributed by atoms with Crippen molar-refractivity contribution < 1.29 is 22.7 Å². The average molecular weight is 360 g/mol. The van der Waals surface area contributed by atoms with Crippen molar-refractivity contribution in [2.24, 2.45) is 0 Å². The highest BCUT2D eigenvalue weighted by atomic mass is 32.2. The molecule has 0 saturated heterocycles.